The lowest BCUT2D eigenvalue weighted by Crippen LogP contribution is -2.25. The Morgan fingerprint density at radius 1 is 1.26 bits per heavy atom. The third-order valence-electron chi connectivity index (χ3n) is 5.80. The van der Waals surface area contributed by atoms with Crippen LogP contribution in [0.25, 0.3) is 0 Å². The Balaban J connectivity index is 1.72. The van der Waals surface area contributed by atoms with Crippen LogP contribution < -0.4 is 5.32 Å². The third-order valence-corrected chi connectivity index (χ3v) is 6.49. The number of thiazole rings is 1. The molecule has 2 aliphatic rings. The van der Waals surface area contributed by atoms with Crippen molar-refractivity contribution in [3.63, 3.8) is 0 Å². The zero-order chi connectivity index (χ0) is 22.1. The number of benzene rings is 1. The van der Waals surface area contributed by atoms with Gasteiger partial charge in [-0.3, -0.25) is 4.79 Å². The molecule has 1 aromatic carbocycles. The van der Waals surface area contributed by atoms with Crippen LogP contribution in [0.4, 0.5) is 18.3 Å². The summed E-state index contributed by atoms with van der Waals surface area (Å²) in [5.41, 5.74) is -2.25. The van der Waals surface area contributed by atoms with Gasteiger partial charge in [-0.05, 0) is 41.3 Å². The van der Waals surface area contributed by atoms with Gasteiger partial charge in [-0.25, -0.2) is 4.98 Å². The number of hydrogen-bond donors (Lipinski definition) is 1. The first-order valence-corrected chi connectivity index (χ1v) is 10.9. The Morgan fingerprint density at radius 3 is 2.58 bits per heavy atom. The number of hydrogen-bond acceptors (Lipinski definition) is 7. The van der Waals surface area contributed by atoms with Crippen LogP contribution in [-0.4, -0.2) is 10.9 Å². The molecule has 1 aliphatic carbocycles. The molecule has 0 bridgehead atoms. The highest BCUT2D eigenvalue weighted by molar-refractivity contribution is 7.13. The summed E-state index contributed by atoms with van der Waals surface area (Å²) in [6, 6.07) is 3.94. The van der Waals surface area contributed by atoms with Gasteiger partial charge < -0.3 is 5.32 Å². The molecule has 164 valence electrons. The molecule has 1 fully saturated rings. The summed E-state index contributed by atoms with van der Waals surface area (Å²) in [7, 11) is 0. The first kappa shape index (κ1) is 21.5. The van der Waals surface area contributed by atoms with Gasteiger partial charge in [0, 0.05) is 17.1 Å². The first-order valence-electron chi connectivity index (χ1n) is 10.0. The minimum Gasteiger partial charge on any atom is -0.301 e. The Labute approximate surface area is 180 Å². The topological polar surface area (TPSA) is 91.4 Å². The SMILES string of the molecule is CC1(c2ccc(C(CC3CCCC3)C(=O)Nc3nccs3)cc2C(F)(F)F)N=NN=N1. The zero-order valence-electron chi connectivity index (χ0n) is 16.8. The normalized spacial score (nSPS) is 19.1. The average Bonchev–Trinajstić information content (AvgIpc) is 3.49. The van der Waals surface area contributed by atoms with Crippen LogP contribution in [0.1, 0.15) is 61.6 Å². The highest BCUT2D eigenvalue weighted by Gasteiger charge is 2.42. The van der Waals surface area contributed by atoms with Crippen molar-refractivity contribution in [1.82, 2.24) is 4.98 Å². The van der Waals surface area contributed by atoms with Gasteiger partial charge in [0.2, 0.25) is 11.6 Å². The third kappa shape index (κ3) is 4.65. The molecule has 1 saturated carbocycles. The molecule has 7 nitrogen and oxygen atoms in total. The largest absolute Gasteiger partial charge is 0.416 e. The number of nitrogens with zero attached hydrogens (tertiary/aromatic N) is 5. The molecule has 2 aromatic rings. The van der Waals surface area contributed by atoms with Crippen LogP contribution in [-0.2, 0) is 16.6 Å². The number of carbonyl (C=O) groups excluding carboxylic acids is 1. The van der Waals surface area contributed by atoms with Crippen LogP contribution >= 0.6 is 11.3 Å². The van der Waals surface area contributed by atoms with Gasteiger partial charge in [-0.2, -0.15) is 13.2 Å². The van der Waals surface area contributed by atoms with E-state index >= 15 is 0 Å². The van der Waals surface area contributed by atoms with Gasteiger partial charge in [-0.1, -0.05) is 37.8 Å². The maximum atomic E-state index is 14.0. The molecular weight excluding hydrogens is 429 g/mol. The Bertz CT molecular complexity index is 987. The summed E-state index contributed by atoms with van der Waals surface area (Å²) in [5.74, 6) is -0.771. The van der Waals surface area contributed by atoms with Crippen molar-refractivity contribution >= 4 is 22.4 Å². The van der Waals surface area contributed by atoms with Crippen LogP contribution in [0, 0.1) is 5.92 Å². The maximum absolute atomic E-state index is 14.0. The quantitative estimate of drug-likeness (QED) is 0.546. The number of rotatable bonds is 6. The minimum atomic E-state index is -4.65. The Kier molecular flexibility index (Phi) is 5.87. The zero-order valence-corrected chi connectivity index (χ0v) is 17.6. The molecule has 11 heteroatoms. The van der Waals surface area contributed by atoms with E-state index < -0.39 is 23.3 Å². The van der Waals surface area contributed by atoms with Crippen LogP contribution in [0.15, 0.2) is 50.5 Å². The number of amides is 1. The van der Waals surface area contributed by atoms with Crippen molar-refractivity contribution < 1.29 is 18.0 Å². The van der Waals surface area contributed by atoms with E-state index in [9.17, 15) is 18.0 Å². The molecule has 1 unspecified atom stereocenters. The average molecular weight is 450 g/mol. The molecule has 0 spiro atoms. The van der Waals surface area contributed by atoms with Gasteiger partial charge in [0.1, 0.15) is 0 Å². The number of nitrogens with one attached hydrogen (secondary N) is 1. The van der Waals surface area contributed by atoms with Gasteiger partial charge in [0.15, 0.2) is 5.13 Å². The molecule has 1 aromatic heterocycles. The van der Waals surface area contributed by atoms with E-state index in [4.69, 9.17) is 0 Å². The minimum absolute atomic E-state index is 0.145. The predicted octanol–water partition coefficient (Wildman–Crippen LogP) is 6.47. The van der Waals surface area contributed by atoms with Gasteiger partial charge in [0.05, 0.1) is 11.5 Å². The van der Waals surface area contributed by atoms with Crippen molar-refractivity contribution in [3.8, 4) is 0 Å². The van der Waals surface area contributed by atoms with Crippen molar-refractivity contribution in [2.75, 3.05) is 5.32 Å². The Morgan fingerprint density at radius 2 is 1.97 bits per heavy atom. The molecule has 2 heterocycles. The van der Waals surface area contributed by atoms with Crippen LogP contribution in [0.2, 0.25) is 0 Å². The molecule has 1 aliphatic heterocycles. The van der Waals surface area contributed by atoms with Crippen molar-refractivity contribution in [1.29, 1.82) is 0 Å². The number of aromatic nitrogens is 1. The first-order chi connectivity index (χ1) is 14.8. The van der Waals surface area contributed by atoms with E-state index in [2.05, 4.69) is 31.0 Å². The number of anilines is 1. The van der Waals surface area contributed by atoms with Gasteiger partial charge in [0.25, 0.3) is 0 Å². The fourth-order valence-corrected chi connectivity index (χ4v) is 4.75. The molecule has 31 heavy (non-hydrogen) atoms. The fraction of sp³-hybridized carbons (Fsp3) is 0.500. The summed E-state index contributed by atoms with van der Waals surface area (Å²) >= 11 is 1.26. The monoisotopic (exact) mass is 450 g/mol. The highest BCUT2D eigenvalue weighted by Crippen LogP contribution is 2.43. The van der Waals surface area contributed by atoms with Crippen LogP contribution in [0.3, 0.4) is 0 Å². The molecule has 4 rings (SSSR count). The van der Waals surface area contributed by atoms with E-state index in [0.717, 1.165) is 31.7 Å². The molecule has 1 N–H and O–H groups in total. The second-order valence-corrected chi connectivity index (χ2v) is 8.86. The van der Waals surface area contributed by atoms with E-state index in [1.54, 1.807) is 17.6 Å². The predicted molar refractivity (Wildman–Crippen MR) is 109 cm³/mol. The standard InChI is InChI=1S/C20H21F3N6OS/c1-19(26-28-29-27-19)15-7-6-13(11-16(15)20(21,22)23)14(10-12-4-2-3-5-12)17(30)25-18-24-8-9-31-18/h6-9,11-12,14H,2-5,10H2,1H3,(H,24,25,30). The summed E-state index contributed by atoms with van der Waals surface area (Å²) in [6.07, 6.45) is 1.51. The maximum Gasteiger partial charge on any atom is 0.416 e. The summed E-state index contributed by atoms with van der Waals surface area (Å²) in [4.78, 5) is 17.1. The summed E-state index contributed by atoms with van der Waals surface area (Å²) in [5, 5.41) is 19.2. The van der Waals surface area contributed by atoms with Gasteiger partial charge >= 0.3 is 6.18 Å². The smallest absolute Gasteiger partial charge is 0.301 e. The van der Waals surface area contributed by atoms with E-state index in [1.165, 1.54) is 24.3 Å². The number of alkyl halides is 3. The van der Waals surface area contributed by atoms with Crippen molar-refractivity contribution in [2.45, 2.75) is 56.8 Å². The molecule has 0 saturated heterocycles. The molecular formula is C20H21F3N6OS. The lowest BCUT2D eigenvalue weighted by atomic mass is 9.84. The molecule has 1 amide bonds. The number of carbonyl (C=O) groups is 1. The second-order valence-electron chi connectivity index (χ2n) is 7.97. The lowest BCUT2D eigenvalue weighted by molar-refractivity contribution is -0.139. The highest BCUT2D eigenvalue weighted by atomic mass is 32.1. The lowest BCUT2D eigenvalue weighted by Gasteiger charge is -2.24. The van der Waals surface area contributed by atoms with Gasteiger partial charge in [-0.15, -0.1) is 21.6 Å². The summed E-state index contributed by atoms with van der Waals surface area (Å²) in [6.45, 7) is 1.42. The Hall–Kier alpha value is -2.69. The number of halogens is 3. The van der Waals surface area contributed by atoms with E-state index in [1.807, 2.05) is 0 Å². The fourth-order valence-electron chi connectivity index (χ4n) is 4.22. The molecule has 0 radical (unpaired) electrons. The second kappa shape index (κ2) is 8.45. The van der Waals surface area contributed by atoms with E-state index in [0.29, 0.717) is 23.0 Å². The van der Waals surface area contributed by atoms with Crippen LogP contribution in [0.5, 0.6) is 0 Å². The summed E-state index contributed by atoms with van der Waals surface area (Å²) < 4.78 is 41.9. The van der Waals surface area contributed by atoms with E-state index in [-0.39, 0.29) is 11.5 Å². The van der Waals surface area contributed by atoms with Crippen molar-refractivity contribution in [3.05, 3.63) is 46.5 Å². The molecule has 1 atom stereocenters. The van der Waals surface area contributed by atoms with Crippen molar-refractivity contribution in [2.24, 2.45) is 26.6 Å².